The van der Waals surface area contributed by atoms with E-state index in [2.05, 4.69) is 27.0 Å². The fourth-order valence-corrected chi connectivity index (χ4v) is 5.76. The molecule has 1 aliphatic carbocycles. The molecule has 2 radical (unpaired) electrons. The van der Waals surface area contributed by atoms with Gasteiger partial charge in [0.05, 0.1) is 23.2 Å². The summed E-state index contributed by atoms with van der Waals surface area (Å²) in [6, 6.07) is 1.84. The maximum Gasteiger partial charge on any atom is 0.335 e. The van der Waals surface area contributed by atoms with E-state index in [0.29, 0.717) is 12.8 Å². The number of carbonyl (C=O) groups excluding carboxylic acids is 1. The number of nitrogens with one attached hydrogen (secondary N) is 2. The number of amides is 1. The van der Waals surface area contributed by atoms with Crippen molar-refractivity contribution < 1.29 is 34.8 Å². The molecule has 41 heavy (non-hydrogen) atoms. The summed E-state index contributed by atoms with van der Waals surface area (Å²) in [6.07, 6.45) is 3.96. The van der Waals surface area contributed by atoms with Gasteiger partial charge in [0.2, 0.25) is 5.79 Å². The van der Waals surface area contributed by atoms with Gasteiger partial charge in [-0.2, -0.15) is 5.26 Å². The lowest BCUT2D eigenvalue weighted by atomic mass is 9.63. The second-order valence-electron chi connectivity index (χ2n) is 12.1. The van der Waals surface area contributed by atoms with E-state index in [1.165, 1.54) is 19.2 Å². The molecular weight excluding hydrogens is 529 g/mol. The number of hydrogen-bond donors (Lipinski definition) is 6. The van der Waals surface area contributed by atoms with Gasteiger partial charge >= 0.3 is 5.97 Å². The predicted molar refractivity (Wildman–Crippen MR) is 149 cm³/mol. The quantitative estimate of drug-likeness (QED) is 0.118. The number of ether oxygens (including phenoxy) is 1. The SMILES string of the molecule is [B]C1=C(/C(N=C)=C(/C=C\CC2CC(C)(C)OC(C)(C(=O)O)C2)NC(=O)c2ncc(C#N)[nH]2)C(O)(O)C(O)C(C)(C)C1. The fourth-order valence-electron chi connectivity index (χ4n) is 5.76. The van der Waals surface area contributed by atoms with Crippen molar-refractivity contribution in [2.45, 2.75) is 83.4 Å². The average Bonchev–Trinajstić information content (AvgIpc) is 3.33. The summed E-state index contributed by atoms with van der Waals surface area (Å²) < 4.78 is 5.84. The molecule has 3 rings (SSSR count). The first-order valence-corrected chi connectivity index (χ1v) is 13.1. The lowest BCUT2D eigenvalue weighted by Gasteiger charge is -2.45. The molecule has 13 heteroatoms. The lowest BCUT2D eigenvalue weighted by Crippen LogP contribution is -2.55. The molecule has 0 spiro atoms. The van der Waals surface area contributed by atoms with E-state index >= 15 is 0 Å². The summed E-state index contributed by atoms with van der Waals surface area (Å²) in [5.74, 6) is -4.96. The molecule has 6 N–H and O–H groups in total. The number of aliphatic hydroxyl groups excluding tert-OH is 1. The topological polar surface area (TPSA) is 201 Å². The normalized spacial score (nSPS) is 27.6. The minimum absolute atomic E-state index is 0.0287. The largest absolute Gasteiger partial charge is 0.479 e. The zero-order valence-electron chi connectivity index (χ0n) is 23.9. The van der Waals surface area contributed by atoms with E-state index in [4.69, 9.17) is 17.8 Å². The van der Waals surface area contributed by atoms with Crippen molar-refractivity contribution >= 4 is 26.4 Å². The number of aliphatic imine (C=N–C) groups is 1. The van der Waals surface area contributed by atoms with Gasteiger partial charge in [0.25, 0.3) is 5.91 Å². The van der Waals surface area contributed by atoms with Crippen LogP contribution in [0.2, 0.25) is 0 Å². The number of hydrogen-bond acceptors (Lipinski definition) is 9. The van der Waals surface area contributed by atoms with Crippen LogP contribution in [0.4, 0.5) is 0 Å². The molecule has 1 aliphatic heterocycles. The van der Waals surface area contributed by atoms with Crippen molar-refractivity contribution in [2.24, 2.45) is 16.3 Å². The maximum absolute atomic E-state index is 13.1. The standard InChI is InChI=1S/C28H36BN5O7/c1-25(2)12-17(29)19(28(39,40)23(25)36)20(31-6)18(34-22(35)21-32-14-16(13-30)33-21)9-7-8-15-10-26(3,4)41-27(5,11-15)24(37)38/h7,9,14-15,23,36,39-40H,6,8,10-12H2,1-5H3,(H,32,33)(H,34,35)(H,37,38)/b9-7-,20-18+. The molecule has 12 nitrogen and oxygen atoms in total. The van der Waals surface area contributed by atoms with Crippen LogP contribution in [0.5, 0.6) is 0 Å². The van der Waals surface area contributed by atoms with Crippen LogP contribution in [0.25, 0.3) is 0 Å². The van der Waals surface area contributed by atoms with Gasteiger partial charge in [-0.3, -0.25) is 9.79 Å². The summed E-state index contributed by atoms with van der Waals surface area (Å²) in [7, 11) is 6.27. The Morgan fingerprint density at radius 3 is 2.54 bits per heavy atom. The predicted octanol–water partition coefficient (Wildman–Crippen LogP) is 1.81. The summed E-state index contributed by atoms with van der Waals surface area (Å²) in [5, 5.41) is 54.2. The Bertz CT molecular complexity index is 1370. The molecule has 218 valence electrons. The Kier molecular flexibility index (Phi) is 8.86. The van der Waals surface area contributed by atoms with Gasteiger partial charge in [0.1, 0.15) is 25.7 Å². The van der Waals surface area contributed by atoms with Crippen molar-refractivity contribution in [3.05, 3.63) is 52.3 Å². The van der Waals surface area contributed by atoms with Crippen LogP contribution in [-0.4, -0.2) is 79.9 Å². The first kappa shape index (κ1) is 32.0. The van der Waals surface area contributed by atoms with E-state index < -0.39 is 40.4 Å². The Labute approximate surface area is 240 Å². The molecule has 3 unspecified atom stereocenters. The first-order valence-electron chi connectivity index (χ1n) is 13.1. The highest BCUT2D eigenvalue weighted by Crippen LogP contribution is 2.46. The summed E-state index contributed by atoms with van der Waals surface area (Å²) in [6.45, 7) is 12.0. The van der Waals surface area contributed by atoms with E-state index in [9.17, 15) is 30.0 Å². The molecule has 1 aromatic rings. The third-order valence-electron chi connectivity index (χ3n) is 7.43. The van der Waals surface area contributed by atoms with Crippen molar-refractivity contribution in [1.82, 2.24) is 15.3 Å². The summed E-state index contributed by atoms with van der Waals surface area (Å²) in [5.41, 5.74) is -3.53. The van der Waals surface area contributed by atoms with Crippen LogP contribution in [0.3, 0.4) is 0 Å². The minimum atomic E-state index is -2.83. The number of aliphatic hydroxyl groups is 3. The van der Waals surface area contributed by atoms with Gasteiger partial charge in [-0.05, 0) is 70.6 Å². The summed E-state index contributed by atoms with van der Waals surface area (Å²) >= 11 is 0. The summed E-state index contributed by atoms with van der Waals surface area (Å²) in [4.78, 5) is 35.4. The maximum atomic E-state index is 13.1. The molecule has 1 fully saturated rings. The van der Waals surface area contributed by atoms with Gasteiger partial charge in [-0.1, -0.05) is 19.9 Å². The number of nitrogens with zero attached hydrogens (tertiary/aromatic N) is 3. The van der Waals surface area contributed by atoms with Crippen LogP contribution in [0.15, 0.2) is 45.8 Å². The molecule has 3 atom stereocenters. The van der Waals surface area contributed by atoms with E-state index in [-0.39, 0.29) is 52.7 Å². The highest BCUT2D eigenvalue weighted by Gasteiger charge is 2.52. The van der Waals surface area contributed by atoms with Gasteiger partial charge in [-0.25, -0.2) is 9.78 Å². The number of imidazole rings is 1. The number of aliphatic carboxylic acids is 1. The monoisotopic (exact) mass is 565 g/mol. The molecule has 0 aromatic carbocycles. The molecule has 1 amide bonds. The Balaban J connectivity index is 2.06. The molecule has 1 saturated heterocycles. The Morgan fingerprint density at radius 2 is 1.98 bits per heavy atom. The zero-order chi connectivity index (χ0) is 31.0. The van der Waals surface area contributed by atoms with Crippen LogP contribution in [0, 0.1) is 22.7 Å². The van der Waals surface area contributed by atoms with Crippen molar-refractivity contribution in [3.63, 3.8) is 0 Å². The third kappa shape index (κ3) is 6.68. The van der Waals surface area contributed by atoms with E-state index in [1.807, 2.05) is 19.9 Å². The second kappa shape index (κ2) is 11.4. The molecule has 2 aliphatic rings. The molecule has 0 bridgehead atoms. The molecule has 2 heterocycles. The van der Waals surface area contributed by atoms with Gasteiger partial charge in [0, 0.05) is 5.57 Å². The molecule has 0 saturated carbocycles. The fraction of sp³-hybridized carbons (Fsp3) is 0.536. The molecule has 1 aromatic heterocycles. The molecular formula is C28H36BN5O7. The average molecular weight is 565 g/mol. The van der Waals surface area contributed by atoms with E-state index in [0.717, 1.165) is 0 Å². The minimum Gasteiger partial charge on any atom is -0.479 e. The van der Waals surface area contributed by atoms with Gasteiger partial charge in [-0.15, -0.1) is 5.47 Å². The van der Waals surface area contributed by atoms with E-state index in [1.54, 1.807) is 19.9 Å². The van der Waals surface area contributed by atoms with Crippen molar-refractivity contribution in [2.75, 3.05) is 0 Å². The number of aromatic nitrogens is 2. The highest BCUT2D eigenvalue weighted by molar-refractivity contribution is 6.22. The van der Waals surface area contributed by atoms with Crippen LogP contribution in [-0.2, 0) is 9.53 Å². The van der Waals surface area contributed by atoms with Crippen molar-refractivity contribution in [3.8, 4) is 6.07 Å². The number of carbonyl (C=O) groups is 2. The first-order chi connectivity index (χ1) is 18.9. The second-order valence-corrected chi connectivity index (χ2v) is 12.1. The van der Waals surface area contributed by atoms with Crippen LogP contribution < -0.4 is 5.32 Å². The zero-order valence-corrected chi connectivity index (χ0v) is 23.9. The van der Waals surface area contributed by atoms with Gasteiger partial charge < -0.3 is 35.5 Å². The number of allylic oxidation sites excluding steroid dienone is 3. The number of H-pyrrole nitrogens is 1. The number of aromatic amines is 1. The van der Waals surface area contributed by atoms with Gasteiger partial charge in [0.15, 0.2) is 11.4 Å². The smallest absolute Gasteiger partial charge is 0.335 e. The number of carboxylic acids is 1. The Morgan fingerprint density at radius 1 is 1.32 bits per heavy atom. The number of nitriles is 1. The van der Waals surface area contributed by atoms with Crippen molar-refractivity contribution in [1.29, 1.82) is 5.26 Å². The van der Waals surface area contributed by atoms with Crippen LogP contribution in [0.1, 0.15) is 76.6 Å². The highest BCUT2D eigenvalue weighted by atomic mass is 16.5. The third-order valence-corrected chi connectivity index (χ3v) is 7.43. The Hall–Kier alpha value is -3.57. The number of carboxylic acid groups (broad SMARTS) is 1. The van der Waals surface area contributed by atoms with Crippen LogP contribution >= 0.6 is 0 Å². The lowest BCUT2D eigenvalue weighted by molar-refractivity contribution is -0.230. The number of rotatable bonds is 8.